The van der Waals surface area contributed by atoms with Crippen molar-refractivity contribution < 1.29 is 10.1 Å². The average Bonchev–Trinajstić information content (AvgIpc) is 2.53. The van der Waals surface area contributed by atoms with E-state index in [4.69, 9.17) is 0 Å². The minimum Gasteiger partial charge on any atom is -0.336 e. The maximum absolute atomic E-state index is 12.6. The van der Waals surface area contributed by atoms with Crippen LogP contribution in [0.4, 0.5) is 5.69 Å². The van der Waals surface area contributed by atoms with Crippen molar-refractivity contribution in [1.29, 1.82) is 0 Å². The first-order valence-electron chi connectivity index (χ1n) is 10.2. The van der Waals surface area contributed by atoms with E-state index in [1.54, 1.807) is 0 Å². The largest absolute Gasteiger partial charge is 0.336 e. The van der Waals surface area contributed by atoms with Gasteiger partial charge in [0.05, 0.1) is 6.04 Å². The summed E-state index contributed by atoms with van der Waals surface area (Å²) in [5.41, 5.74) is 3.53. The fraction of sp³-hybridized carbons (Fsp3) is 0.682. The van der Waals surface area contributed by atoms with Crippen molar-refractivity contribution in [3.63, 3.8) is 0 Å². The Morgan fingerprint density at radius 1 is 1.00 bits per heavy atom. The second kappa shape index (κ2) is 9.96. The van der Waals surface area contributed by atoms with E-state index in [0.29, 0.717) is 24.4 Å². The van der Waals surface area contributed by atoms with Gasteiger partial charge in [0.2, 0.25) is 0 Å². The first-order chi connectivity index (χ1) is 12.0. The van der Waals surface area contributed by atoms with E-state index in [1.165, 1.54) is 56.1 Å². The van der Waals surface area contributed by atoms with Crippen molar-refractivity contribution in [1.82, 2.24) is 0 Å². The van der Waals surface area contributed by atoms with Gasteiger partial charge in [-0.2, -0.15) is 0 Å². The van der Waals surface area contributed by atoms with Crippen LogP contribution in [-0.2, 0) is 4.79 Å². The number of rotatable bonds is 6. The third-order valence-electron chi connectivity index (χ3n) is 5.42. The van der Waals surface area contributed by atoms with Crippen LogP contribution in [-0.4, -0.2) is 18.5 Å². The van der Waals surface area contributed by atoms with E-state index in [-0.39, 0.29) is 5.91 Å². The molecule has 1 saturated carbocycles. The normalized spacial score (nSPS) is 16.7. The SMILES string of the molecule is CC(C)c1cccc(C(C)C)c1NC(=O)C[NH2+]C1CCCCCCC1. The summed E-state index contributed by atoms with van der Waals surface area (Å²) in [6, 6.07) is 7.02. The predicted octanol–water partition coefficient (Wildman–Crippen LogP) is 4.55. The van der Waals surface area contributed by atoms with Gasteiger partial charge in [-0.3, -0.25) is 4.79 Å². The van der Waals surface area contributed by atoms with Crippen molar-refractivity contribution in [2.24, 2.45) is 0 Å². The Morgan fingerprint density at radius 3 is 2.04 bits per heavy atom. The van der Waals surface area contributed by atoms with Gasteiger partial charge in [-0.1, -0.05) is 65.2 Å². The molecule has 1 aliphatic carbocycles. The van der Waals surface area contributed by atoms with Crippen molar-refractivity contribution in [3.05, 3.63) is 29.3 Å². The molecule has 2 rings (SSSR count). The molecule has 3 nitrogen and oxygen atoms in total. The van der Waals surface area contributed by atoms with E-state index >= 15 is 0 Å². The molecule has 0 saturated heterocycles. The number of nitrogens with one attached hydrogen (secondary N) is 1. The number of carbonyl (C=O) groups is 1. The van der Waals surface area contributed by atoms with Crippen molar-refractivity contribution in [2.75, 3.05) is 11.9 Å². The third kappa shape index (κ3) is 6.14. The van der Waals surface area contributed by atoms with Gasteiger partial charge in [-0.15, -0.1) is 0 Å². The summed E-state index contributed by atoms with van der Waals surface area (Å²) in [5.74, 6) is 0.948. The van der Waals surface area contributed by atoms with E-state index in [9.17, 15) is 4.79 Å². The lowest BCUT2D eigenvalue weighted by atomic mass is 9.92. The molecule has 0 spiro atoms. The van der Waals surface area contributed by atoms with Gasteiger partial charge in [0, 0.05) is 5.69 Å². The quantitative estimate of drug-likeness (QED) is 0.780. The molecule has 0 radical (unpaired) electrons. The smallest absolute Gasteiger partial charge is 0.279 e. The van der Waals surface area contributed by atoms with Crippen LogP contribution in [0.5, 0.6) is 0 Å². The minimum absolute atomic E-state index is 0.136. The number of hydrogen-bond acceptors (Lipinski definition) is 1. The van der Waals surface area contributed by atoms with E-state index in [1.807, 2.05) is 0 Å². The zero-order valence-corrected chi connectivity index (χ0v) is 16.6. The third-order valence-corrected chi connectivity index (χ3v) is 5.42. The first-order valence-corrected chi connectivity index (χ1v) is 10.2. The molecule has 1 fully saturated rings. The lowest BCUT2D eigenvalue weighted by Gasteiger charge is -2.21. The van der Waals surface area contributed by atoms with Crippen LogP contribution in [0, 0.1) is 0 Å². The molecule has 25 heavy (non-hydrogen) atoms. The minimum atomic E-state index is 0.136. The zero-order chi connectivity index (χ0) is 18.2. The summed E-state index contributed by atoms with van der Waals surface area (Å²) in [7, 11) is 0. The molecule has 1 aromatic rings. The van der Waals surface area contributed by atoms with Gasteiger partial charge in [0.1, 0.15) is 0 Å². The van der Waals surface area contributed by atoms with Gasteiger partial charge in [-0.25, -0.2) is 0 Å². The van der Waals surface area contributed by atoms with Crippen molar-refractivity contribution in [2.45, 2.75) is 90.5 Å². The topological polar surface area (TPSA) is 45.7 Å². The van der Waals surface area contributed by atoms with Crippen LogP contribution >= 0.6 is 0 Å². The van der Waals surface area contributed by atoms with Crippen molar-refractivity contribution in [3.8, 4) is 0 Å². The highest BCUT2D eigenvalue weighted by molar-refractivity contribution is 5.93. The Labute approximate surface area is 154 Å². The highest BCUT2D eigenvalue weighted by Crippen LogP contribution is 2.32. The van der Waals surface area contributed by atoms with E-state index < -0.39 is 0 Å². The number of amides is 1. The van der Waals surface area contributed by atoms with Gasteiger partial charge in [0.25, 0.3) is 5.91 Å². The second-order valence-corrected chi connectivity index (χ2v) is 8.21. The highest BCUT2D eigenvalue weighted by Gasteiger charge is 2.19. The number of carbonyl (C=O) groups excluding carboxylic acids is 1. The number of para-hydroxylation sites is 1. The highest BCUT2D eigenvalue weighted by atomic mass is 16.1. The van der Waals surface area contributed by atoms with Crippen LogP contribution in [0.25, 0.3) is 0 Å². The fourth-order valence-corrected chi connectivity index (χ4v) is 3.88. The van der Waals surface area contributed by atoms with Gasteiger partial charge in [-0.05, 0) is 48.6 Å². The average molecular weight is 346 g/mol. The van der Waals surface area contributed by atoms with Crippen LogP contribution in [0.1, 0.15) is 95.6 Å². The molecule has 0 bridgehead atoms. The van der Waals surface area contributed by atoms with Crippen LogP contribution in [0.2, 0.25) is 0 Å². The van der Waals surface area contributed by atoms with Crippen molar-refractivity contribution >= 4 is 11.6 Å². The fourth-order valence-electron chi connectivity index (χ4n) is 3.88. The summed E-state index contributed by atoms with van der Waals surface area (Å²) >= 11 is 0. The number of quaternary nitrogens is 1. The predicted molar refractivity (Wildman–Crippen MR) is 106 cm³/mol. The summed E-state index contributed by atoms with van der Waals surface area (Å²) < 4.78 is 0. The second-order valence-electron chi connectivity index (χ2n) is 8.21. The monoisotopic (exact) mass is 345 g/mol. The molecule has 0 aromatic heterocycles. The molecule has 140 valence electrons. The number of benzene rings is 1. The van der Waals surface area contributed by atoms with E-state index in [2.05, 4.69) is 56.5 Å². The number of hydrogen-bond donors (Lipinski definition) is 2. The lowest BCUT2D eigenvalue weighted by Crippen LogP contribution is -2.91. The van der Waals surface area contributed by atoms with Crippen LogP contribution in [0.15, 0.2) is 18.2 Å². The molecule has 1 amide bonds. The molecular formula is C22H37N2O+. The maximum atomic E-state index is 12.6. The molecule has 0 unspecified atom stereocenters. The number of nitrogens with two attached hydrogens (primary N) is 1. The standard InChI is InChI=1S/C22H36N2O/c1-16(2)19-13-10-14-20(17(3)4)22(19)24-21(25)15-23-18-11-8-6-5-7-9-12-18/h10,13-14,16-18,23H,5-9,11-12,15H2,1-4H3,(H,24,25)/p+1. The van der Waals surface area contributed by atoms with Crippen LogP contribution in [0.3, 0.4) is 0 Å². The summed E-state index contributed by atoms with van der Waals surface area (Å²) in [6.45, 7) is 9.30. The Kier molecular flexibility index (Phi) is 7.95. The van der Waals surface area contributed by atoms with Gasteiger partial charge in [0.15, 0.2) is 6.54 Å². The lowest BCUT2D eigenvalue weighted by molar-refractivity contribution is -0.680. The zero-order valence-electron chi connectivity index (χ0n) is 16.6. The summed E-state index contributed by atoms with van der Waals surface area (Å²) in [5, 5.41) is 5.51. The van der Waals surface area contributed by atoms with E-state index in [0.717, 1.165) is 5.69 Å². The summed E-state index contributed by atoms with van der Waals surface area (Å²) in [6.07, 6.45) is 9.25. The van der Waals surface area contributed by atoms with Gasteiger partial charge < -0.3 is 10.6 Å². The molecule has 1 aliphatic rings. The molecule has 0 aliphatic heterocycles. The molecular weight excluding hydrogens is 308 g/mol. The molecule has 0 atom stereocenters. The molecule has 1 aromatic carbocycles. The Balaban J connectivity index is 1.99. The number of anilines is 1. The van der Waals surface area contributed by atoms with Gasteiger partial charge >= 0.3 is 0 Å². The maximum Gasteiger partial charge on any atom is 0.279 e. The first kappa shape index (κ1) is 20.0. The molecule has 3 N–H and O–H groups in total. The van der Waals surface area contributed by atoms with Crippen LogP contribution < -0.4 is 10.6 Å². The Hall–Kier alpha value is -1.35. The molecule has 3 heteroatoms. The summed E-state index contributed by atoms with van der Waals surface area (Å²) in [4.78, 5) is 12.6. The molecule has 0 heterocycles. The Bertz CT molecular complexity index is 517. The Morgan fingerprint density at radius 2 is 1.52 bits per heavy atom.